The van der Waals surface area contributed by atoms with Gasteiger partial charge < -0.3 is 0 Å². The molecule has 0 N–H and O–H groups in total. The molecule has 0 heterocycles. The van der Waals surface area contributed by atoms with Gasteiger partial charge in [-0.1, -0.05) is 29.8 Å². The number of alkyl halides is 7. The zero-order valence-corrected chi connectivity index (χ0v) is 9.16. The highest BCUT2D eigenvalue weighted by Gasteiger charge is 2.72. The Hall–Kier alpha value is -1.27. The number of aryl methyl sites for hydroxylation is 1. The summed E-state index contributed by atoms with van der Waals surface area (Å²) >= 11 is 0. The van der Waals surface area contributed by atoms with Gasteiger partial charge in [-0.15, -0.1) is 0 Å². The third-order valence-electron chi connectivity index (χ3n) is 2.36. The molecule has 0 bridgehead atoms. The summed E-state index contributed by atoms with van der Waals surface area (Å²) in [7, 11) is 0. The van der Waals surface area contributed by atoms with E-state index in [1.165, 1.54) is 12.1 Å². The third kappa shape index (κ3) is 2.76. The molecule has 0 nitrogen and oxygen atoms in total. The van der Waals surface area contributed by atoms with Gasteiger partial charge >= 0.3 is 18.0 Å². The molecule has 0 aliphatic heterocycles. The topological polar surface area (TPSA) is 0 Å². The largest absolute Gasteiger partial charge is 0.459 e. The van der Waals surface area contributed by atoms with E-state index in [2.05, 4.69) is 0 Å². The van der Waals surface area contributed by atoms with Crippen LogP contribution in [0.3, 0.4) is 0 Å². The van der Waals surface area contributed by atoms with Gasteiger partial charge in [-0.25, -0.2) is 0 Å². The van der Waals surface area contributed by atoms with Gasteiger partial charge in [0.25, 0.3) is 0 Å². The summed E-state index contributed by atoms with van der Waals surface area (Å²) in [5, 5.41) is 0. The van der Waals surface area contributed by atoms with Gasteiger partial charge in [0.05, 0.1) is 0 Å². The molecule has 0 unspecified atom stereocenters. The van der Waals surface area contributed by atoms with Crippen LogP contribution in [0.4, 0.5) is 30.7 Å². The maximum absolute atomic E-state index is 13.0. The molecule has 0 aliphatic carbocycles. The fourth-order valence-electron chi connectivity index (χ4n) is 1.28. The van der Waals surface area contributed by atoms with E-state index in [1.807, 2.05) is 0 Å². The molecule has 0 saturated heterocycles. The molecule has 1 aromatic rings. The fourth-order valence-corrected chi connectivity index (χ4v) is 1.28. The van der Waals surface area contributed by atoms with Gasteiger partial charge in [0, 0.05) is 6.42 Å². The third-order valence-corrected chi connectivity index (χ3v) is 2.36. The van der Waals surface area contributed by atoms with Gasteiger partial charge in [-0.3, -0.25) is 0 Å². The highest BCUT2D eigenvalue weighted by Crippen LogP contribution is 2.47. The minimum Gasteiger partial charge on any atom is -0.199 e. The molecule has 7 heteroatoms. The first-order valence-electron chi connectivity index (χ1n) is 4.85. The standard InChI is InChI=1S/C11H9F7/c1-7-2-4-8(5-3-7)6-9(12,13)10(14,15)11(16,17)18/h2-5H,6H2,1H3. The summed E-state index contributed by atoms with van der Waals surface area (Å²) in [5.41, 5.74) is 0.402. The lowest BCUT2D eigenvalue weighted by Crippen LogP contribution is -2.53. The van der Waals surface area contributed by atoms with Gasteiger partial charge in [-0.2, -0.15) is 30.7 Å². The maximum Gasteiger partial charge on any atom is 0.459 e. The van der Waals surface area contributed by atoms with Crippen molar-refractivity contribution in [1.82, 2.24) is 0 Å². The van der Waals surface area contributed by atoms with Crippen LogP contribution >= 0.6 is 0 Å². The van der Waals surface area contributed by atoms with Crippen LogP contribution in [0.2, 0.25) is 0 Å². The molecule has 0 spiro atoms. The lowest BCUT2D eigenvalue weighted by atomic mass is 10.0. The molecule has 0 atom stereocenters. The van der Waals surface area contributed by atoms with Crippen LogP contribution in [0, 0.1) is 6.92 Å². The second kappa shape index (κ2) is 4.44. The number of benzene rings is 1. The number of hydrogen-bond donors (Lipinski definition) is 0. The van der Waals surface area contributed by atoms with Crippen molar-refractivity contribution in [3.63, 3.8) is 0 Å². The van der Waals surface area contributed by atoms with Crippen molar-refractivity contribution in [2.45, 2.75) is 31.4 Å². The molecule has 0 radical (unpaired) electrons. The Labute approximate surface area is 98.4 Å². The number of rotatable bonds is 3. The average molecular weight is 274 g/mol. The fraction of sp³-hybridized carbons (Fsp3) is 0.455. The maximum atomic E-state index is 13.0. The highest BCUT2D eigenvalue weighted by atomic mass is 19.4. The van der Waals surface area contributed by atoms with E-state index in [0.717, 1.165) is 12.1 Å². The van der Waals surface area contributed by atoms with Crippen LogP contribution in [0.5, 0.6) is 0 Å². The Balaban J connectivity index is 2.97. The Morgan fingerprint density at radius 1 is 0.833 bits per heavy atom. The predicted octanol–water partition coefficient (Wildman–Crippen LogP) is 4.37. The van der Waals surface area contributed by atoms with Crippen molar-refractivity contribution < 1.29 is 30.7 Å². The second-order valence-electron chi connectivity index (χ2n) is 3.94. The van der Waals surface area contributed by atoms with Crippen molar-refractivity contribution in [2.75, 3.05) is 0 Å². The smallest absolute Gasteiger partial charge is 0.199 e. The molecule has 1 aromatic carbocycles. The monoisotopic (exact) mass is 274 g/mol. The average Bonchev–Trinajstić information content (AvgIpc) is 2.19. The van der Waals surface area contributed by atoms with E-state index in [0.29, 0.717) is 5.56 Å². The summed E-state index contributed by atoms with van der Waals surface area (Å²) in [6.45, 7) is 1.63. The summed E-state index contributed by atoms with van der Waals surface area (Å²) in [5.74, 6) is -11.2. The summed E-state index contributed by atoms with van der Waals surface area (Å²) in [4.78, 5) is 0. The SMILES string of the molecule is Cc1ccc(CC(F)(F)C(F)(F)C(F)(F)F)cc1. The molecular formula is C11H9F7. The van der Waals surface area contributed by atoms with Gasteiger partial charge in [-0.05, 0) is 12.5 Å². The van der Waals surface area contributed by atoms with E-state index < -0.39 is 24.4 Å². The zero-order chi connectivity index (χ0) is 14.2. The second-order valence-corrected chi connectivity index (χ2v) is 3.94. The van der Waals surface area contributed by atoms with Crippen LogP contribution in [0.25, 0.3) is 0 Å². The summed E-state index contributed by atoms with van der Waals surface area (Å²) in [6.07, 6.45) is -7.94. The quantitative estimate of drug-likeness (QED) is 0.718. The van der Waals surface area contributed by atoms with Gasteiger partial charge in [0.1, 0.15) is 0 Å². The first-order valence-corrected chi connectivity index (χ1v) is 4.85. The first kappa shape index (κ1) is 14.8. The number of hydrogen-bond acceptors (Lipinski definition) is 0. The van der Waals surface area contributed by atoms with Crippen LogP contribution in [-0.4, -0.2) is 18.0 Å². The highest BCUT2D eigenvalue weighted by molar-refractivity contribution is 5.23. The van der Waals surface area contributed by atoms with E-state index in [9.17, 15) is 30.7 Å². The molecule has 0 aliphatic rings. The minimum absolute atomic E-state index is 0.283. The first-order chi connectivity index (χ1) is 7.97. The van der Waals surface area contributed by atoms with Crippen molar-refractivity contribution >= 4 is 0 Å². The van der Waals surface area contributed by atoms with Crippen LogP contribution < -0.4 is 0 Å². The van der Waals surface area contributed by atoms with Crippen molar-refractivity contribution in [2.24, 2.45) is 0 Å². The number of halogens is 7. The Morgan fingerprint density at radius 2 is 1.28 bits per heavy atom. The summed E-state index contributed by atoms with van der Waals surface area (Å²) < 4.78 is 86.8. The lowest BCUT2D eigenvalue weighted by Gasteiger charge is -2.28. The summed E-state index contributed by atoms with van der Waals surface area (Å²) in [6, 6.07) is 4.90. The Bertz CT molecular complexity index is 402. The Kier molecular flexibility index (Phi) is 3.65. The van der Waals surface area contributed by atoms with Crippen LogP contribution in [0.1, 0.15) is 11.1 Å². The van der Waals surface area contributed by atoms with Crippen LogP contribution in [-0.2, 0) is 6.42 Å². The molecular weight excluding hydrogens is 265 g/mol. The van der Waals surface area contributed by atoms with Gasteiger partial charge in [0.15, 0.2) is 0 Å². The van der Waals surface area contributed by atoms with Crippen molar-refractivity contribution in [1.29, 1.82) is 0 Å². The lowest BCUT2D eigenvalue weighted by molar-refractivity contribution is -0.354. The molecule has 0 amide bonds. The van der Waals surface area contributed by atoms with Gasteiger partial charge in [0.2, 0.25) is 0 Å². The molecule has 18 heavy (non-hydrogen) atoms. The minimum atomic E-state index is -6.28. The zero-order valence-electron chi connectivity index (χ0n) is 9.16. The van der Waals surface area contributed by atoms with E-state index >= 15 is 0 Å². The predicted molar refractivity (Wildman–Crippen MR) is 50.8 cm³/mol. The molecule has 102 valence electrons. The van der Waals surface area contributed by atoms with Crippen molar-refractivity contribution in [3.05, 3.63) is 35.4 Å². The van der Waals surface area contributed by atoms with E-state index in [1.54, 1.807) is 6.92 Å². The molecule has 0 aromatic heterocycles. The Morgan fingerprint density at radius 3 is 1.67 bits per heavy atom. The molecule has 0 fully saturated rings. The van der Waals surface area contributed by atoms with Crippen LogP contribution in [0.15, 0.2) is 24.3 Å². The van der Waals surface area contributed by atoms with E-state index in [-0.39, 0.29) is 5.56 Å². The van der Waals surface area contributed by atoms with Crippen molar-refractivity contribution in [3.8, 4) is 0 Å². The molecule has 0 saturated carbocycles. The normalized spacial score (nSPS) is 13.8. The molecule has 1 rings (SSSR count). The van der Waals surface area contributed by atoms with E-state index in [4.69, 9.17) is 0 Å².